The Bertz CT molecular complexity index is 940. The second-order valence-corrected chi connectivity index (χ2v) is 8.96. The van der Waals surface area contributed by atoms with Gasteiger partial charge in [0, 0.05) is 18.0 Å². The molecule has 0 amide bonds. The fraction of sp³-hybridized carbons (Fsp3) is 0.435. The summed E-state index contributed by atoms with van der Waals surface area (Å²) < 4.78 is 1.99. The summed E-state index contributed by atoms with van der Waals surface area (Å²) in [7, 11) is 1.98. The van der Waals surface area contributed by atoms with Crippen LogP contribution in [0, 0.1) is 6.92 Å². The number of hydrogen-bond donors (Lipinski definition) is 2. The first-order chi connectivity index (χ1) is 14.7. The average molecular weight is 423 g/mol. The average Bonchev–Trinajstić information content (AvgIpc) is 3.42. The molecule has 3 aromatic rings. The Morgan fingerprint density at radius 1 is 1.10 bits per heavy atom. The molecule has 2 aromatic heterocycles. The number of nitrogens with one attached hydrogen (secondary N) is 2. The maximum absolute atomic E-state index is 4.81. The first kappa shape index (κ1) is 20.6. The third-order valence-corrected chi connectivity index (χ3v) is 6.79. The number of aliphatic imine (C=N–C) groups is 1. The minimum atomic E-state index is 0.445. The van der Waals surface area contributed by atoms with E-state index >= 15 is 0 Å². The van der Waals surface area contributed by atoms with Crippen LogP contribution in [0.15, 0.2) is 52.8 Å². The molecule has 0 unspecified atom stereocenters. The van der Waals surface area contributed by atoms with Crippen molar-refractivity contribution in [2.45, 2.75) is 57.7 Å². The summed E-state index contributed by atoms with van der Waals surface area (Å²) in [6.45, 7) is 3.25. The molecule has 1 aliphatic carbocycles. The number of guanidine groups is 1. The van der Waals surface area contributed by atoms with E-state index in [1.165, 1.54) is 23.3 Å². The summed E-state index contributed by atoms with van der Waals surface area (Å²) in [6, 6.07) is 15.6. The number of aromatic nitrogens is 3. The molecule has 2 N–H and O–H groups in total. The lowest BCUT2D eigenvalue weighted by Gasteiger charge is -2.30. The summed E-state index contributed by atoms with van der Waals surface area (Å²) in [5, 5.41) is 17.7. The Hall–Kier alpha value is -2.67. The first-order valence-electron chi connectivity index (χ1n) is 10.7. The fourth-order valence-corrected chi connectivity index (χ4v) is 4.61. The molecule has 158 valence electrons. The number of benzene rings is 1. The summed E-state index contributed by atoms with van der Waals surface area (Å²) >= 11 is 1.76. The summed E-state index contributed by atoms with van der Waals surface area (Å²) in [6.07, 6.45) is 4.73. The number of hydrogen-bond acceptors (Lipinski definition) is 4. The van der Waals surface area contributed by atoms with Crippen molar-refractivity contribution in [1.29, 1.82) is 0 Å². The standard InChI is InChI=1S/C23H30N6S/c1-17-27-28-22(29(17)2)16-25-23(24-15-21-9-6-14-30-21)26-20-12-10-19(11-13-20)18-7-4-3-5-8-18/h3-9,14,19-20H,10-13,15-16H2,1-2H3,(H2,24,25,26). The van der Waals surface area contributed by atoms with Crippen molar-refractivity contribution in [3.63, 3.8) is 0 Å². The van der Waals surface area contributed by atoms with E-state index in [0.717, 1.165) is 37.0 Å². The van der Waals surface area contributed by atoms with E-state index in [4.69, 9.17) is 4.99 Å². The van der Waals surface area contributed by atoms with Gasteiger partial charge in [0.1, 0.15) is 12.4 Å². The van der Waals surface area contributed by atoms with Gasteiger partial charge in [0.05, 0.1) is 6.54 Å². The largest absolute Gasteiger partial charge is 0.354 e. The molecule has 30 heavy (non-hydrogen) atoms. The summed E-state index contributed by atoms with van der Waals surface area (Å²) in [5.74, 6) is 3.30. The van der Waals surface area contributed by atoms with Crippen molar-refractivity contribution >= 4 is 17.3 Å². The Morgan fingerprint density at radius 2 is 1.90 bits per heavy atom. The minimum absolute atomic E-state index is 0.445. The fourth-order valence-electron chi connectivity index (χ4n) is 3.96. The van der Waals surface area contributed by atoms with Gasteiger partial charge in [0.15, 0.2) is 11.8 Å². The molecule has 1 aliphatic rings. The van der Waals surface area contributed by atoms with Gasteiger partial charge in [-0.15, -0.1) is 21.5 Å². The second-order valence-electron chi connectivity index (χ2n) is 7.92. The van der Waals surface area contributed by atoms with Crippen molar-refractivity contribution in [3.8, 4) is 0 Å². The van der Waals surface area contributed by atoms with Crippen LogP contribution < -0.4 is 10.6 Å². The molecule has 0 radical (unpaired) electrons. The highest BCUT2D eigenvalue weighted by atomic mass is 32.1. The summed E-state index contributed by atoms with van der Waals surface area (Å²) in [4.78, 5) is 6.11. The van der Waals surface area contributed by atoms with E-state index in [9.17, 15) is 0 Å². The van der Waals surface area contributed by atoms with Crippen LogP contribution in [-0.2, 0) is 20.1 Å². The Kier molecular flexibility index (Phi) is 6.79. The van der Waals surface area contributed by atoms with Crippen molar-refractivity contribution in [3.05, 3.63) is 69.9 Å². The quantitative estimate of drug-likeness (QED) is 0.463. The highest BCUT2D eigenvalue weighted by molar-refractivity contribution is 7.09. The molecule has 0 saturated heterocycles. The highest BCUT2D eigenvalue weighted by Gasteiger charge is 2.23. The molecule has 0 bridgehead atoms. The normalized spacial score (nSPS) is 19.6. The van der Waals surface area contributed by atoms with E-state index in [-0.39, 0.29) is 0 Å². The van der Waals surface area contributed by atoms with Gasteiger partial charge in [0.2, 0.25) is 0 Å². The Balaban J connectivity index is 1.38. The molecule has 4 rings (SSSR count). The molecule has 0 aliphatic heterocycles. The monoisotopic (exact) mass is 422 g/mol. The molecule has 1 fully saturated rings. The smallest absolute Gasteiger partial charge is 0.192 e. The predicted molar refractivity (Wildman–Crippen MR) is 123 cm³/mol. The zero-order chi connectivity index (χ0) is 20.8. The third-order valence-electron chi connectivity index (χ3n) is 5.91. The van der Waals surface area contributed by atoms with Crippen molar-refractivity contribution in [1.82, 2.24) is 25.4 Å². The van der Waals surface area contributed by atoms with E-state index in [1.54, 1.807) is 11.3 Å². The van der Waals surface area contributed by atoms with Crippen LogP contribution >= 0.6 is 11.3 Å². The third kappa shape index (κ3) is 5.27. The number of nitrogens with zero attached hydrogens (tertiary/aromatic N) is 4. The molecule has 1 saturated carbocycles. The molecule has 7 heteroatoms. The van der Waals surface area contributed by atoms with Gasteiger partial charge in [-0.2, -0.15) is 0 Å². The topological polar surface area (TPSA) is 67.1 Å². The molecule has 0 atom stereocenters. The van der Waals surface area contributed by atoms with Crippen LogP contribution in [0.5, 0.6) is 0 Å². The van der Waals surface area contributed by atoms with Crippen LogP contribution in [0.3, 0.4) is 0 Å². The lowest BCUT2D eigenvalue weighted by atomic mass is 9.82. The van der Waals surface area contributed by atoms with Crippen LogP contribution in [0.25, 0.3) is 0 Å². The molecule has 1 aromatic carbocycles. The molecule has 0 spiro atoms. The maximum Gasteiger partial charge on any atom is 0.192 e. The van der Waals surface area contributed by atoms with Gasteiger partial charge in [0.25, 0.3) is 0 Å². The number of aryl methyl sites for hydroxylation is 1. The van der Waals surface area contributed by atoms with E-state index in [2.05, 4.69) is 68.7 Å². The molecule has 6 nitrogen and oxygen atoms in total. The number of thiophene rings is 1. The van der Waals surface area contributed by atoms with E-state index in [0.29, 0.717) is 18.5 Å². The summed E-state index contributed by atoms with van der Waals surface area (Å²) in [5.41, 5.74) is 1.47. The van der Waals surface area contributed by atoms with Crippen molar-refractivity contribution < 1.29 is 0 Å². The van der Waals surface area contributed by atoms with Crippen molar-refractivity contribution in [2.75, 3.05) is 0 Å². The van der Waals surface area contributed by atoms with E-state index < -0.39 is 0 Å². The minimum Gasteiger partial charge on any atom is -0.354 e. The second kappa shape index (κ2) is 9.89. The van der Waals surface area contributed by atoms with Crippen LogP contribution in [-0.4, -0.2) is 26.8 Å². The molecular formula is C23H30N6S. The lowest BCUT2D eigenvalue weighted by Crippen LogP contribution is -2.44. The van der Waals surface area contributed by atoms with Gasteiger partial charge in [-0.1, -0.05) is 36.4 Å². The SMILES string of the molecule is Cc1nnc(CN=C(NCc2cccs2)NC2CCC(c3ccccc3)CC2)n1C. The Labute approximate surface area is 182 Å². The van der Waals surface area contributed by atoms with Gasteiger partial charge >= 0.3 is 0 Å². The zero-order valence-electron chi connectivity index (χ0n) is 17.7. The van der Waals surface area contributed by atoms with Crippen molar-refractivity contribution in [2.24, 2.45) is 12.0 Å². The van der Waals surface area contributed by atoms with Gasteiger partial charge in [-0.3, -0.25) is 0 Å². The predicted octanol–water partition coefficient (Wildman–Crippen LogP) is 4.15. The lowest BCUT2D eigenvalue weighted by molar-refractivity contribution is 0.371. The van der Waals surface area contributed by atoms with Gasteiger partial charge in [-0.05, 0) is 55.5 Å². The van der Waals surface area contributed by atoms with Gasteiger partial charge < -0.3 is 15.2 Å². The van der Waals surface area contributed by atoms with Gasteiger partial charge in [-0.25, -0.2) is 4.99 Å². The maximum atomic E-state index is 4.81. The highest BCUT2D eigenvalue weighted by Crippen LogP contribution is 2.32. The molecule has 2 heterocycles. The Morgan fingerprint density at radius 3 is 2.57 bits per heavy atom. The van der Waals surface area contributed by atoms with Crippen LogP contribution in [0.2, 0.25) is 0 Å². The van der Waals surface area contributed by atoms with Crippen LogP contribution in [0.4, 0.5) is 0 Å². The zero-order valence-corrected chi connectivity index (χ0v) is 18.5. The van der Waals surface area contributed by atoms with E-state index in [1.807, 2.05) is 18.5 Å². The number of rotatable bonds is 6. The molecular weight excluding hydrogens is 392 g/mol. The van der Waals surface area contributed by atoms with Crippen LogP contribution in [0.1, 0.15) is 53.7 Å². The first-order valence-corrected chi connectivity index (χ1v) is 11.5.